The molecule has 3 heterocycles. The first-order chi connectivity index (χ1) is 15.1. The minimum atomic E-state index is -0.181. The topological polar surface area (TPSA) is 103 Å². The molecule has 0 unspecified atom stereocenters. The molecule has 0 radical (unpaired) electrons. The zero-order valence-corrected chi connectivity index (χ0v) is 18.9. The van der Waals surface area contributed by atoms with Crippen LogP contribution in [0.1, 0.15) is 63.9 Å². The second kappa shape index (κ2) is 9.61. The van der Waals surface area contributed by atoms with Crippen LogP contribution in [0.3, 0.4) is 0 Å². The first-order valence-electron chi connectivity index (χ1n) is 11.8. The highest BCUT2D eigenvalue weighted by Gasteiger charge is 2.50. The predicted octanol–water partition coefficient (Wildman–Crippen LogP) is 1.49. The second-order valence-corrected chi connectivity index (χ2v) is 9.57. The Balaban J connectivity index is 1.44. The zero-order chi connectivity index (χ0) is 21.7. The molecule has 2 saturated heterocycles. The number of aromatic nitrogens is 2. The van der Waals surface area contributed by atoms with E-state index in [9.17, 15) is 4.79 Å². The van der Waals surface area contributed by atoms with Crippen molar-refractivity contribution < 1.29 is 4.79 Å². The maximum atomic E-state index is 12.8. The monoisotopic (exact) mass is 427 g/mol. The van der Waals surface area contributed by atoms with Gasteiger partial charge in [0.25, 0.3) is 0 Å². The van der Waals surface area contributed by atoms with E-state index in [1.807, 2.05) is 19.4 Å². The van der Waals surface area contributed by atoms with E-state index in [0.717, 1.165) is 37.9 Å². The number of carbonyl (C=O) groups excluding carboxylic acids is 1. The van der Waals surface area contributed by atoms with Gasteiger partial charge < -0.3 is 21.4 Å². The molecular weight excluding hydrogens is 390 g/mol. The first-order valence-corrected chi connectivity index (χ1v) is 11.8. The fourth-order valence-electron chi connectivity index (χ4n) is 5.61. The fourth-order valence-corrected chi connectivity index (χ4v) is 5.61. The third-order valence-electron chi connectivity index (χ3n) is 7.95. The normalized spacial score (nSPS) is 32.2. The van der Waals surface area contributed by atoms with Crippen LogP contribution in [-0.4, -0.2) is 59.8 Å². The number of hydrazone groups is 1. The molecule has 2 aliphatic carbocycles. The minimum absolute atomic E-state index is 0.0360. The van der Waals surface area contributed by atoms with Gasteiger partial charge in [0.15, 0.2) is 0 Å². The van der Waals surface area contributed by atoms with E-state index in [4.69, 9.17) is 0 Å². The molecule has 0 aromatic carbocycles. The Labute approximate surface area is 185 Å². The van der Waals surface area contributed by atoms with Crippen LogP contribution in [0.15, 0.2) is 23.8 Å². The van der Waals surface area contributed by atoms with Crippen molar-refractivity contribution in [2.24, 2.45) is 11.0 Å². The van der Waals surface area contributed by atoms with Gasteiger partial charge in [-0.2, -0.15) is 5.10 Å². The van der Waals surface area contributed by atoms with Gasteiger partial charge in [0.1, 0.15) is 6.33 Å². The van der Waals surface area contributed by atoms with Gasteiger partial charge in [0, 0.05) is 68.4 Å². The molecule has 4 aliphatic rings. The highest BCUT2D eigenvalue weighted by Crippen LogP contribution is 2.50. The standard InChI is InChI=1S/C23H37N7O/c1-17-20(30-24-2)15-29-22(12-21(31)28-11-10-27-19-4-3-5-19)6-8-23(17,9-7-22)18-13-25-16-26-14-18/h13-14,16-17,19,24,27,29H,3-12,15H2,1-2H3,(H,28,31)/b30-20-/t17-,22?,23?/m1/s1. The summed E-state index contributed by atoms with van der Waals surface area (Å²) in [5.41, 5.74) is 5.05. The lowest BCUT2D eigenvalue weighted by Gasteiger charge is -2.52. The Morgan fingerprint density at radius 2 is 1.94 bits per heavy atom. The van der Waals surface area contributed by atoms with Gasteiger partial charge in [0.05, 0.1) is 5.71 Å². The largest absolute Gasteiger partial charge is 0.355 e. The molecule has 31 heavy (non-hydrogen) atoms. The maximum Gasteiger partial charge on any atom is 0.221 e. The molecule has 5 rings (SSSR count). The third-order valence-corrected chi connectivity index (χ3v) is 7.95. The lowest BCUT2D eigenvalue weighted by atomic mass is 9.56. The van der Waals surface area contributed by atoms with Crippen molar-refractivity contribution in [1.82, 2.24) is 31.3 Å². The zero-order valence-electron chi connectivity index (χ0n) is 18.9. The molecule has 2 bridgehead atoms. The van der Waals surface area contributed by atoms with E-state index in [-0.39, 0.29) is 22.8 Å². The summed E-state index contributed by atoms with van der Waals surface area (Å²) in [7, 11) is 1.84. The van der Waals surface area contributed by atoms with Crippen molar-refractivity contribution in [3.05, 3.63) is 24.3 Å². The summed E-state index contributed by atoms with van der Waals surface area (Å²) < 4.78 is 0. The van der Waals surface area contributed by atoms with Crippen LogP contribution in [0.25, 0.3) is 0 Å². The van der Waals surface area contributed by atoms with E-state index < -0.39 is 0 Å². The Morgan fingerprint density at radius 1 is 1.19 bits per heavy atom. The minimum Gasteiger partial charge on any atom is -0.355 e. The van der Waals surface area contributed by atoms with Crippen LogP contribution in [0, 0.1) is 5.92 Å². The molecule has 1 aromatic heterocycles. The number of amides is 1. The average molecular weight is 428 g/mol. The number of fused-ring (bicyclic) bond motifs is 5. The Bertz CT molecular complexity index is 769. The van der Waals surface area contributed by atoms with Crippen molar-refractivity contribution in [2.75, 3.05) is 26.7 Å². The molecule has 170 valence electrons. The number of nitrogens with one attached hydrogen (secondary N) is 4. The van der Waals surface area contributed by atoms with Crippen LogP contribution < -0.4 is 21.4 Å². The Kier molecular flexibility index (Phi) is 6.86. The summed E-state index contributed by atoms with van der Waals surface area (Å²) in [6.45, 7) is 4.50. The number of nitrogens with zero attached hydrogens (tertiary/aromatic N) is 3. The fraction of sp³-hybridized carbons (Fsp3) is 0.739. The van der Waals surface area contributed by atoms with Crippen molar-refractivity contribution >= 4 is 11.6 Å². The van der Waals surface area contributed by atoms with Crippen LogP contribution >= 0.6 is 0 Å². The van der Waals surface area contributed by atoms with Crippen LogP contribution in [0.4, 0.5) is 0 Å². The number of rotatable bonds is 8. The molecule has 8 heteroatoms. The van der Waals surface area contributed by atoms with Gasteiger partial charge >= 0.3 is 0 Å². The Morgan fingerprint density at radius 3 is 2.58 bits per heavy atom. The van der Waals surface area contributed by atoms with E-state index in [0.29, 0.717) is 25.6 Å². The van der Waals surface area contributed by atoms with E-state index >= 15 is 0 Å². The maximum absolute atomic E-state index is 12.8. The predicted molar refractivity (Wildman–Crippen MR) is 122 cm³/mol. The van der Waals surface area contributed by atoms with Crippen molar-refractivity contribution in [3.63, 3.8) is 0 Å². The van der Waals surface area contributed by atoms with E-state index in [1.54, 1.807) is 6.33 Å². The quantitative estimate of drug-likeness (QED) is 0.370. The van der Waals surface area contributed by atoms with Gasteiger partial charge in [-0.25, -0.2) is 9.97 Å². The number of hydrogen-bond acceptors (Lipinski definition) is 7. The summed E-state index contributed by atoms with van der Waals surface area (Å²) >= 11 is 0. The number of carbonyl (C=O) groups is 1. The van der Waals surface area contributed by atoms with Gasteiger partial charge in [-0.15, -0.1) is 0 Å². The molecule has 4 N–H and O–H groups in total. The highest BCUT2D eigenvalue weighted by molar-refractivity contribution is 5.90. The summed E-state index contributed by atoms with van der Waals surface area (Å²) in [5, 5.41) is 15.0. The molecule has 1 amide bonds. The van der Waals surface area contributed by atoms with Gasteiger partial charge in [-0.3, -0.25) is 4.79 Å². The van der Waals surface area contributed by atoms with Crippen molar-refractivity contribution in [1.29, 1.82) is 0 Å². The molecular formula is C23H37N7O. The smallest absolute Gasteiger partial charge is 0.221 e. The third kappa shape index (κ3) is 4.75. The molecule has 8 nitrogen and oxygen atoms in total. The average Bonchev–Trinajstić information content (AvgIpc) is 2.75. The molecule has 2 saturated carbocycles. The summed E-state index contributed by atoms with van der Waals surface area (Å²) in [4.78, 5) is 21.4. The summed E-state index contributed by atoms with van der Waals surface area (Å²) in [5.74, 6) is 0.405. The molecule has 1 aromatic rings. The van der Waals surface area contributed by atoms with Crippen molar-refractivity contribution in [3.8, 4) is 0 Å². The number of hydrogen-bond donors (Lipinski definition) is 4. The van der Waals surface area contributed by atoms with Gasteiger partial charge in [-0.05, 0) is 44.1 Å². The van der Waals surface area contributed by atoms with E-state index in [2.05, 4.69) is 43.4 Å². The lowest BCUT2D eigenvalue weighted by Crippen LogP contribution is -2.60. The van der Waals surface area contributed by atoms with Crippen LogP contribution in [0.2, 0.25) is 0 Å². The molecule has 2 aliphatic heterocycles. The molecule has 1 atom stereocenters. The van der Waals surface area contributed by atoms with E-state index in [1.165, 1.54) is 24.8 Å². The summed E-state index contributed by atoms with van der Waals surface area (Å²) in [6.07, 6.45) is 13.8. The summed E-state index contributed by atoms with van der Waals surface area (Å²) in [6, 6.07) is 0.656. The molecule has 0 spiro atoms. The van der Waals surface area contributed by atoms with Gasteiger partial charge in [-0.1, -0.05) is 13.3 Å². The van der Waals surface area contributed by atoms with Gasteiger partial charge in [0.2, 0.25) is 5.91 Å². The Hall–Kier alpha value is -2.06. The lowest BCUT2D eigenvalue weighted by molar-refractivity contribution is -0.123. The highest BCUT2D eigenvalue weighted by atomic mass is 16.1. The van der Waals surface area contributed by atoms with Crippen LogP contribution in [-0.2, 0) is 10.2 Å². The SMILES string of the molecule is CN/N=C1/CNC2(CC(=O)NCCNC3CCC3)CCC(c3cncnc3)(CC2)[C@@H]1C. The second-order valence-electron chi connectivity index (χ2n) is 9.57. The first kappa shape index (κ1) is 22.1. The van der Waals surface area contributed by atoms with Crippen molar-refractivity contribution in [2.45, 2.75) is 75.3 Å². The molecule has 4 fully saturated rings. The van der Waals surface area contributed by atoms with Crippen LogP contribution in [0.5, 0.6) is 0 Å².